The van der Waals surface area contributed by atoms with Gasteiger partial charge in [0, 0.05) is 55.2 Å². The predicted octanol–water partition coefficient (Wildman–Crippen LogP) is 4.79. The molecule has 162 valence electrons. The van der Waals surface area contributed by atoms with Crippen molar-refractivity contribution in [3.05, 3.63) is 52.9 Å². The van der Waals surface area contributed by atoms with Crippen LogP contribution in [0.15, 0.2) is 41.1 Å². The fourth-order valence-electron chi connectivity index (χ4n) is 3.51. The number of alkyl halides is 2. The van der Waals surface area contributed by atoms with E-state index in [1.165, 1.54) is 17.4 Å². The normalized spacial score (nSPS) is 15.8. The lowest BCUT2D eigenvalue weighted by Gasteiger charge is -2.31. The van der Waals surface area contributed by atoms with Crippen LogP contribution in [0.1, 0.15) is 28.8 Å². The number of rotatable bonds is 4. The van der Waals surface area contributed by atoms with Gasteiger partial charge in [-0.2, -0.15) is 0 Å². The van der Waals surface area contributed by atoms with Crippen LogP contribution < -0.4 is 5.32 Å². The molecule has 0 spiro atoms. The number of carbonyl (C=O) groups is 2. The van der Waals surface area contributed by atoms with Crippen molar-refractivity contribution in [3.8, 4) is 11.3 Å². The molecule has 0 unspecified atom stereocenters. The number of halogens is 3. The molecule has 0 atom stereocenters. The molecule has 3 heterocycles. The number of furan rings is 1. The minimum atomic E-state index is -2.72. The summed E-state index contributed by atoms with van der Waals surface area (Å²) < 4.78 is 32.1. The van der Waals surface area contributed by atoms with Crippen LogP contribution in [0.4, 0.5) is 13.6 Å². The molecular formula is C21H18ClF2N3O4. The third kappa shape index (κ3) is 4.46. The molecule has 7 nitrogen and oxygen atoms in total. The Kier molecular flexibility index (Phi) is 5.53. The van der Waals surface area contributed by atoms with E-state index in [4.69, 9.17) is 21.1 Å². The van der Waals surface area contributed by atoms with Gasteiger partial charge in [-0.3, -0.25) is 9.78 Å². The molecule has 0 aliphatic carbocycles. The van der Waals surface area contributed by atoms with Crippen LogP contribution in [-0.4, -0.2) is 46.0 Å². The number of fused-ring (bicyclic) bond motifs is 1. The molecule has 2 N–H and O–H groups in total. The molecule has 2 aromatic heterocycles. The number of carboxylic acid groups (broad SMARTS) is 1. The Bertz CT molecular complexity index is 1140. The lowest BCUT2D eigenvalue weighted by Crippen LogP contribution is -2.42. The predicted molar refractivity (Wildman–Crippen MR) is 109 cm³/mol. The zero-order valence-electron chi connectivity index (χ0n) is 16.2. The van der Waals surface area contributed by atoms with Crippen LogP contribution in [0.2, 0.25) is 5.02 Å². The summed E-state index contributed by atoms with van der Waals surface area (Å²) in [5.41, 5.74) is 2.57. The van der Waals surface area contributed by atoms with Crippen LogP contribution >= 0.6 is 11.6 Å². The van der Waals surface area contributed by atoms with Gasteiger partial charge < -0.3 is 19.7 Å². The van der Waals surface area contributed by atoms with Gasteiger partial charge in [0.2, 0.25) is 0 Å². The van der Waals surface area contributed by atoms with E-state index in [1.807, 2.05) is 0 Å². The van der Waals surface area contributed by atoms with Gasteiger partial charge in [-0.1, -0.05) is 11.6 Å². The van der Waals surface area contributed by atoms with Crippen molar-refractivity contribution >= 4 is 34.6 Å². The number of hydrogen-bond acceptors (Lipinski definition) is 4. The van der Waals surface area contributed by atoms with E-state index in [2.05, 4.69) is 10.3 Å². The molecule has 10 heteroatoms. The van der Waals surface area contributed by atoms with Gasteiger partial charge in [0.15, 0.2) is 5.58 Å². The summed E-state index contributed by atoms with van der Waals surface area (Å²) in [6, 6.07) is 6.69. The fourth-order valence-corrected chi connectivity index (χ4v) is 3.78. The number of aromatic nitrogens is 1. The van der Waals surface area contributed by atoms with Crippen LogP contribution in [0.3, 0.4) is 0 Å². The number of pyridine rings is 1. The standard InChI is InChI=1S/C21H18ClF2N3O4/c22-16-8-13(7-15-14(10-26-20(29)30)11-31-18(15)16)17-2-1-12(9-25-17)19(28)27-5-3-21(23,24)4-6-27/h1-2,7-9,11,26H,3-6,10H2,(H,29,30). The molecule has 1 saturated heterocycles. The molecule has 2 amide bonds. The Morgan fingerprint density at radius 1 is 1.26 bits per heavy atom. The summed E-state index contributed by atoms with van der Waals surface area (Å²) in [7, 11) is 0. The lowest BCUT2D eigenvalue weighted by atomic mass is 10.0. The highest BCUT2D eigenvalue weighted by molar-refractivity contribution is 6.35. The van der Waals surface area contributed by atoms with Crippen molar-refractivity contribution < 1.29 is 27.9 Å². The number of benzene rings is 1. The number of carbonyl (C=O) groups excluding carboxylic acids is 1. The van der Waals surface area contributed by atoms with Gasteiger partial charge in [0.1, 0.15) is 0 Å². The summed E-state index contributed by atoms with van der Waals surface area (Å²) in [5.74, 6) is -3.05. The molecule has 1 aliphatic rings. The molecule has 4 rings (SSSR count). The quantitative estimate of drug-likeness (QED) is 0.597. The van der Waals surface area contributed by atoms with E-state index in [0.717, 1.165) is 0 Å². The maximum atomic E-state index is 13.3. The van der Waals surface area contributed by atoms with Crippen LogP contribution in [0, 0.1) is 0 Å². The molecule has 1 aliphatic heterocycles. The molecule has 3 aromatic rings. The number of hydrogen-bond donors (Lipinski definition) is 2. The molecule has 31 heavy (non-hydrogen) atoms. The molecular weight excluding hydrogens is 432 g/mol. The zero-order chi connectivity index (χ0) is 22.2. The highest BCUT2D eigenvalue weighted by Crippen LogP contribution is 2.33. The molecule has 1 aromatic carbocycles. The zero-order valence-corrected chi connectivity index (χ0v) is 17.0. The fraction of sp³-hybridized carbons (Fsp3) is 0.286. The van der Waals surface area contributed by atoms with Crippen molar-refractivity contribution in [2.24, 2.45) is 0 Å². The van der Waals surface area contributed by atoms with E-state index in [-0.39, 0.29) is 38.4 Å². The number of likely N-dealkylation sites (tertiary alicyclic amines) is 1. The number of piperidine rings is 1. The van der Waals surface area contributed by atoms with Crippen LogP contribution in [0.25, 0.3) is 22.2 Å². The summed E-state index contributed by atoms with van der Waals surface area (Å²) in [4.78, 5) is 29.1. The number of amides is 2. The Balaban J connectivity index is 1.56. The minimum Gasteiger partial charge on any atom is -0.465 e. The van der Waals surface area contributed by atoms with E-state index >= 15 is 0 Å². The van der Waals surface area contributed by atoms with Gasteiger partial charge in [0.25, 0.3) is 11.8 Å². The summed E-state index contributed by atoms with van der Waals surface area (Å²) >= 11 is 6.31. The van der Waals surface area contributed by atoms with E-state index in [9.17, 15) is 18.4 Å². The maximum absolute atomic E-state index is 13.3. The van der Waals surface area contributed by atoms with Crippen molar-refractivity contribution in [1.82, 2.24) is 15.2 Å². The third-order valence-electron chi connectivity index (χ3n) is 5.23. The second kappa shape index (κ2) is 8.14. The van der Waals surface area contributed by atoms with E-state index in [0.29, 0.717) is 38.4 Å². The van der Waals surface area contributed by atoms with Gasteiger partial charge in [0.05, 0.1) is 22.5 Å². The lowest BCUT2D eigenvalue weighted by molar-refractivity contribution is -0.0494. The van der Waals surface area contributed by atoms with Crippen molar-refractivity contribution in [1.29, 1.82) is 0 Å². The average Bonchev–Trinajstić information content (AvgIpc) is 3.15. The maximum Gasteiger partial charge on any atom is 0.404 e. The first-order chi connectivity index (χ1) is 14.7. The second-order valence-corrected chi connectivity index (χ2v) is 7.74. The highest BCUT2D eigenvalue weighted by atomic mass is 35.5. The topological polar surface area (TPSA) is 95.7 Å². The first kappa shape index (κ1) is 21.0. The van der Waals surface area contributed by atoms with Crippen molar-refractivity contribution in [3.63, 3.8) is 0 Å². The summed E-state index contributed by atoms with van der Waals surface area (Å²) in [6.45, 7) is 0.0683. The first-order valence-corrected chi connectivity index (χ1v) is 9.91. The van der Waals surface area contributed by atoms with E-state index < -0.39 is 12.0 Å². The average molecular weight is 450 g/mol. The molecule has 0 radical (unpaired) electrons. The smallest absolute Gasteiger partial charge is 0.404 e. The number of nitrogens with zero attached hydrogens (tertiary/aromatic N) is 2. The van der Waals surface area contributed by atoms with Gasteiger partial charge in [-0.15, -0.1) is 0 Å². The SMILES string of the molecule is O=C(O)NCc1coc2c(Cl)cc(-c3ccc(C(=O)N4CCC(F)(F)CC4)cn3)cc12. The Hall–Kier alpha value is -3.20. The van der Waals surface area contributed by atoms with Gasteiger partial charge in [-0.25, -0.2) is 13.6 Å². The van der Waals surface area contributed by atoms with Gasteiger partial charge in [-0.05, 0) is 24.3 Å². The van der Waals surface area contributed by atoms with E-state index in [1.54, 1.807) is 24.3 Å². The van der Waals surface area contributed by atoms with Crippen molar-refractivity contribution in [2.75, 3.05) is 13.1 Å². The highest BCUT2D eigenvalue weighted by Gasteiger charge is 2.35. The molecule has 0 bridgehead atoms. The van der Waals surface area contributed by atoms with Crippen LogP contribution in [0.5, 0.6) is 0 Å². The first-order valence-electron chi connectivity index (χ1n) is 9.53. The third-order valence-corrected chi connectivity index (χ3v) is 5.51. The van der Waals surface area contributed by atoms with Gasteiger partial charge >= 0.3 is 6.09 Å². The largest absolute Gasteiger partial charge is 0.465 e. The Morgan fingerprint density at radius 3 is 2.65 bits per heavy atom. The molecule has 1 fully saturated rings. The monoisotopic (exact) mass is 449 g/mol. The molecule has 0 saturated carbocycles. The Labute approximate surface area is 180 Å². The summed E-state index contributed by atoms with van der Waals surface area (Å²) in [6.07, 6.45) is 1.01. The second-order valence-electron chi connectivity index (χ2n) is 7.33. The minimum absolute atomic E-state index is 0.00745. The summed E-state index contributed by atoms with van der Waals surface area (Å²) in [5, 5.41) is 12.1. The van der Waals surface area contributed by atoms with Crippen molar-refractivity contribution in [2.45, 2.75) is 25.3 Å². The Morgan fingerprint density at radius 2 is 2.00 bits per heavy atom. The number of nitrogens with one attached hydrogen (secondary N) is 1. The van der Waals surface area contributed by atoms with Crippen LogP contribution in [-0.2, 0) is 6.54 Å².